The van der Waals surface area contributed by atoms with E-state index < -0.39 is 45.8 Å². The maximum atomic E-state index is 13.4. The predicted octanol–water partition coefficient (Wildman–Crippen LogP) is 0.244. The van der Waals surface area contributed by atoms with Gasteiger partial charge >= 0.3 is 6.03 Å². The maximum absolute atomic E-state index is 13.4. The minimum absolute atomic E-state index is 0.0245. The number of benzene rings is 1. The number of amides is 4. The van der Waals surface area contributed by atoms with Gasteiger partial charge in [0.15, 0.2) is 9.84 Å². The molecule has 0 spiro atoms. The molecule has 0 bridgehead atoms. The van der Waals surface area contributed by atoms with E-state index in [1.54, 1.807) is 31.2 Å². The molecule has 0 saturated carbocycles. The molecule has 1 N–H and O–H groups in total. The second kappa shape index (κ2) is 8.78. The molecule has 13 heteroatoms. The first-order valence-corrected chi connectivity index (χ1v) is 12.9. The average Bonchev–Trinajstić information content (AvgIpc) is 3.51. The molecule has 2 fully saturated rings. The molecule has 4 amide bonds. The first kappa shape index (κ1) is 23.8. The second-order valence-electron chi connectivity index (χ2n) is 8.87. The highest BCUT2D eigenvalue weighted by molar-refractivity contribution is 7.91. The lowest BCUT2D eigenvalue weighted by molar-refractivity contribution is -0.141. The molecular weight excluding hydrogens is 462 g/mol. The van der Waals surface area contributed by atoms with Crippen LogP contribution in [0.5, 0.6) is 0 Å². The predicted molar refractivity (Wildman–Crippen MR) is 120 cm³/mol. The SMILES string of the molecule is CC[C@H](C)N(C(=O)CN1C(=O)N[C@@](C)(c2cccc(-n3cnnn3)c2)C1=O)[C@@H]1CCS(=O)(=O)C1. The molecule has 1 aromatic heterocycles. The Labute approximate surface area is 197 Å². The largest absolute Gasteiger partial charge is 0.334 e. The summed E-state index contributed by atoms with van der Waals surface area (Å²) in [4.78, 5) is 41.9. The summed E-state index contributed by atoms with van der Waals surface area (Å²) in [7, 11) is -3.21. The molecule has 2 saturated heterocycles. The van der Waals surface area contributed by atoms with Gasteiger partial charge in [-0.25, -0.2) is 17.9 Å². The van der Waals surface area contributed by atoms with Gasteiger partial charge in [0, 0.05) is 12.1 Å². The minimum atomic E-state index is -3.21. The highest BCUT2D eigenvalue weighted by Crippen LogP contribution is 2.30. The highest BCUT2D eigenvalue weighted by atomic mass is 32.2. The van der Waals surface area contributed by atoms with Crippen molar-refractivity contribution >= 4 is 27.7 Å². The zero-order valence-corrected chi connectivity index (χ0v) is 20.0. The van der Waals surface area contributed by atoms with E-state index in [4.69, 9.17) is 0 Å². The summed E-state index contributed by atoms with van der Waals surface area (Å²) in [5.74, 6) is -1.10. The quantitative estimate of drug-likeness (QED) is 0.544. The van der Waals surface area contributed by atoms with Crippen LogP contribution in [0.15, 0.2) is 30.6 Å². The summed E-state index contributed by atoms with van der Waals surface area (Å²) in [6.45, 7) is 4.85. The Balaban J connectivity index is 1.56. The molecule has 182 valence electrons. The molecule has 2 aliphatic heterocycles. The number of hydrogen-bond donors (Lipinski definition) is 1. The van der Waals surface area contributed by atoms with E-state index in [2.05, 4.69) is 20.8 Å². The summed E-state index contributed by atoms with van der Waals surface area (Å²) in [5, 5.41) is 13.7. The van der Waals surface area contributed by atoms with Crippen molar-refractivity contribution in [3.05, 3.63) is 36.2 Å². The minimum Gasteiger partial charge on any atom is -0.334 e. The van der Waals surface area contributed by atoms with E-state index >= 15 is 0 Å². The summed E-state index contributed by atoms with van der Waals surface area (Å²) in [6, 6.07) is 5.48. The van der Waals surface area contributed by atoms with Gasteiger partial charge in [0.05, 0.1) is 17.2 Å². The Kier molecular flexibility index (Phi) is 6.14. The lowest BCUT2D eigenvalue weighted by Crippen LogP contribution is -2.51. The molecular formula is C21H27N7O5S. The van der Waals surface area contributed by atoms with Crippen LogP contribution in [-0.2, 0) is 25.0 Å². The van der Waals surface area contributed by atoms with Gasteiger partial charge in [-0.2, -0.15) is 0 Å². The molecule has 4 rings (SSSR count). The van der Waals surface area contributed by atoms with E-state index in [9.17, 15) is 22.8 Å². The van der Waals surface area contributed by atoms with Crippen molar-refractivity contribution in [2.75, 3.05) is 18.1 Å². The Morgan fingerprint density at radius 1 is 1.35 bits per heavy atom. The number of nitrogens with zero attached hydrogens (tertiary/aromatic N) is 6. The number of hydrogen-bond acceptors (Lipinski definition) is 8. The van der Waals surface area contributed by atoms with E-state index in [1.807, 2.05) is 13.8 Å². The fourth-order valence-electron chi connectivity index (χ4n) is 4.49. The molecule has 0 unspecified atom stereocenters. The van der Waals surface area contributed by atoms with Gasteiger partial charge in [0.2, 0.25) is 5.91 Å². The molecule has 2 aliphatic rings. The van der Waals surface area contributed by atoms with Gasteiger partial charge in [-0.05, 0) is 54.8 Å². The Bertz CT molecular complexity index is 1220. The molecule has 3 heterocycles. The third-order valence-electron chi connectivity index (χ3n) is 6.56. The van der Waals surface area contributed by atoms with Crippen molar-refractivity contribution in [3.63, 3.8) is 0 Å². The van der Waals surface area contributed by atoms with Crippen molar-refractivity contribution in [2.45, 2.75) is 51.2 Å². The standard InChI is InChI=1S/C21H27N7O5S/c1-4-14(2)28(17-8-9-34(32,33)12-17)18(29)11-26-19(30)21(3,23-20(26)31)15-6-5-7-16(10-15)27-13-22-24-25-27/h5-7,10,13-14,17H,4,8-9,11-12H2,1-3H3,(H,23,31)/t14-,17+,21-/m0/s1. The van der Waals surface area contributed by atoms with Gasteiger partial charge in [-0.3, -0.25) is 14.5 Å². The number of carbonyl (C=O) groups excluding carboxylic acids is 3. The zero-order chi connectivity index (χ0) is 24.7. The van der Waals surface area contributed by atoms with Crippen LogP contribution >= 0.6 is 0 Å². The number of rotatable bonds is 7. The lowest BCUT2D eigenvalue weighted by Gasteiger charge is -2.34. The zero-order valence-electron chi connectivity index (χ0n) is 19.2. The smallest absolute Gasteiger partial charge is 0.325 e. The Hall–Kier alpha value is -3.35. The fourth-order valence-corrected chi connectivity index (χ4v) is 6.20. The highest BCUT2D eigenvalue weighted by Gasteiger charge is 2.50. The summed E-state index contributed by atoms with van der Waals surface area (Å²) in [5.41, 5.74) is -0.278. The van der Waals surface area contributed by atoms with Gasteiger partial charge in [0.25, 0.3) is 5.91 Å². The number of imide groups is 1. The van der Waals surface area contributed by atoms with Gasteiger partial charge in [0.1, 0.15) is 18.4 Å². The van der Waals surface area contributed by atoms with Crippen molar-refractivity contribution in [1.29, 1.82) is 0 Å². The van der Waals surface area contributed by atoms with Gasteiger partial charge in [-0.1, -0.05) is 19.1 Å². The fraction of sp³-hybridized carbons (Fsp3) is 0.524. The number of sulfone groups is 1. The maximum Gasteiger partial charge on any atom is 0.325 e. The monoisotopic (exact) mass is 489 g/mol. The summed E-state index contributed by atoms with van der Waals surface area (Å²) < 4.78 is 25.4. The van der Waals surface area contributed by atoms with Crippen LogP contribution in [-0.4, -0.2) is 86.4 Å². The van der Waals surface area contributed by atoms with Crippen LogP contribution in [0.2, 0.25) is 0 Å². The molecule has 3 atom stereocenters. The van der Waals surface area contributed by atoms with E-state index in [0.717, 1.165) is 4.90 Å². The van der Waals surface area contributed by atoms with Crippen molar-refractivity contribution in [1.82, 2.24) is 35.3 Å². The second-order valence-corrected chi connectivity index (χ2v) is 11.1. The molecule has 12 nitrogen and oxygen atoms in total. The van der Waals surface area contributed by atoms with Crippen LogP contribution in [0, 0.1) is 0 Å². The van der Waals surface area contributed by atoms with Crippen LogP contribution in [0.25, 0.3) is 5.69 Å². The van der Waals surface area contributed by atoms with E-state index in [1.165, 1.54) is 15.9 Å². The summed E-state index contributed by atoms with van der Waals surface area (Å²) in [6.07, 6.45) is 2.37. The summed E-state index contributed by atoms with van der Waals surface area (Å²) >= 11 is 0. The van der Waals surface area contributed by atoms with Gasteiger partial charge < -0.3 is 10.2 Å². The van der Waals surface area contributed by atoms with E-state index in [0.29, 0.717) is 24.1 Å². The third kappa shape index (κ3) is 4.27. The molecule has 2 aromatic rings. The van der Waals surface area contributed by atoms with Crippen molar-refractivity contribution in [2.24, 2.45) is 0 Å². The Morgan fingerprint density at radius 3 is 2.74 bits per heavy atom. The number of carbonyl (C=O) groups is 3. The molecule has 1 aromatic carbocycles. The normalized spacial score (nSPS) is 24.8. The number of tetrazole rings is 1. The van der Waals surface area contributed by atoms with Crippen LogP contribution in [0.3, 0.4) is 0 Å². The lowest BCUT2D eigenvalue weighted by atomic mass is 9.91. The average molecular weight is 490 g/mol. The van der Waals surface area contributed by atoms with E-state index in [-0.39, 0.29) is 17.5 Å². The third-order valence-corrected chi connectivity index (χ3v) is 8.31. The first-order valence-electron chi connectivity index (χ1n) is 11.1. The number of nitrogens with one attached hydrogen (secondary N) is 1. The topological polar surface area (TPSA) is 147 Å². The Morgan fingerprint density at radius 2 is 2.12 bits per heavy atom. The molecule has 34 heavy (non-hydrogen) atoms. The van der Waals surface area contributed by atoms with Crippen molar-refractivity contribution < 1.29 is 22.8 Å². The van der Waals surface area contributed by atoms with Gasteiger partial charge in [-0.15, -0.1) is 5.10 Å². The van der Waals surface area contributed by atoms with Crippen LogP contribution < -0.4 is 5.32 Å². The van der Waals surface area contributed by atoms with Crippen molar-refractivity contribution in [3.8, 4) is 5.69 Å². The first-order chi connectivity index (χ1) is 16.1. The number of aromatic nitrogens is 4. The van der Waals surface area contributed by atoms with Crippen LogP contribution in [0.1, 0.15) is 39.2 Å². The number of urea groups is 1. The van der Waals surface area contributed by atoms with Crippen LogP contribution in [0.4, 0.5) is 4.79 Å². The molecule has 0 radical (unpaired) electrons. The molecule has 0 aliphatic carbocycles.